The summed E-state index contributed by atoms with van der Waals surface area (Å²) in [5, 5.41) is 3.60. The first-order chi connectivity index (χ1) is 9.49. The molecule has 1 aliphatic rings. The number of nitrogens with one attached hydrogen (secondary N) is 1. The number of rotatable bonds is 5. The van der Waals surface area contributed by atoms with Crippen molar-refractivity contribution in [3.8, 4) is 0 Å². The highest BCUT2D eigenvalue weighted by molar-refractivity contribution is 8.01. The number of hydrogen-bond donors (Lipinski definition) is 1. The number of hydrogen-bond acceptors (Lipinski definition) is 3. The molecule has 0 aromatic heterocycles. The van der Waals surface area contributed by atoms with Gasteiger partial charge >= 0.3 is 0 Å². The lowest BCUT2D eigenvalue weighted by Crippen LogP contribution is -2.38. The number of nitrogens with zero attached hydrogens (tertiary/aromatic N) is 1. The van der Waals surface area contributed by atoms with Crippen LogP contribution in [0.5, 0.6) is 0 Å². The molecule has 20 heavy (non-hydrogen) atoms. The number of benzene rings is 1. The summed E-state index contributed by atoms with van der Waals surface area (Å²) in [6.45, 7) is 9.96. The standard InChI is InChI=1S/C16H24N2OS/c1-11(2)17-9-10-18-15(19)13(4)20-16(18)14-7-5-12(3)6-8-14/h5-8,11,13,16-17H,9-10H2,1-4H3/t13-,16+/m0/s1. The fourth-order valence-corrected chi connectivity index (χ4v) is 3.67. The van der Waals surface area contributed by atoms with E-state index in [2.05, 4.69) is 50.4 Å². The highest BCUT2D eigenvalue weighted by atomic mass is 32.2. The Morgan fingerprint density at radius 1 is 1.30 bits per heavy atom. The second-order valence-electron chi connectivity index (χ2n) is 5.68. The largest absolute Gasteiger partial charge is 0.324 e. The molecule has 4 heteroatoms. The zero-order valence-electron chi connectivity index (χ0n) is 12.7. The van der Waals surface area contributed by atoms with Crippen molar-refractivity contribution in [3.05, 3.63) is 35.4 Å². The van der Waals surface area contributed by atoms with E-state index in [1.54, 1.807) is 11.8 Å². The summed E-state index contributed by atoms with van der Waals surface area (Å²) in [4.78, 5) is 14.3. The van der Waals surface area contributed by atoms with Crippen LogP contribution in [-0.4, -0.2) is 35.2 Å². The van der Waals surface area contributed by atoms with Gasteiger partial charge in [-0.2, -0.15) is 0 Å². The van der Waals surface area contributed by atoms with Crippen molar-refractivity contribution < 1.29 is 4.79 Å². The van der Waals surface area contributed by atoms with Crippen LogP contribution in [0.2, 0.25) is 0 Å². The molecule has 1 aromatic rings. The molecule has 1 saturated heterocycles. The normalized spacial score (nSPS) is 22.9. The van der Waals surface area contributed by atoms with Crippen LogP contribution >= 0.6 is 11.8 Å². The smallest absolute Gasteiger partial charge is 0.236 e. The molecule has 1 heterocycles. The summed E-state index contributed by atoms with van der Waals surface area (Å²) in [5.41, 5.74) is 2.48. The van der Waals surface area contributed by atoms with Crippen LogP contribution < -0.4 is 5.32 Å². The molecule has 1 N–H and O–H groups in total. The topological polar surface area (TPSA) is 32.3 Å². The van der Waals surface area contributed by atoms with Gasteiger partial charge in [-0.05, 0) is 19.4 Å². The second kappa shape index (κ2) is 6.64. The van der Waals surface area contributed by atoms with Gasteiger partial charge in [0, 0.05) is 19.1 Å². The molecule has 1 aromatic carbocycles. The Kier molecular flexibility index (Phi) is 5.11. The maximum atomic E-state index is 12.3. The van der Waals surface area contributed by atoms with E-state index in [1.165, 1.54) is 11.1 Å². The van der Waals surface area contributed by atoms with Crippen LogP contribution in [0.1, 0.15) is 37.3 Å². The lowest BCUT2D eigenvalue weighted by Gasteiger charge is -2.25. The van der Waals surface area contributed by atoms with Crippen LogP contribution in [0.3, 0.4) is 0 Å². The maximum absolute atomic E-state index is 12.3. The first kappa shape index (κ1) is 15.4. The van der Waals surface area contributed by atoms with Gasteiger partial charge in [-0.3, -0.25) is 4.79 Å². The predicted octanol–water partition coefficient (Wildman–Crippen LogP) is 2.96. The quantitative estimate of drug-likeness (QED) is 0.905. The van der Waals surface area contributed by atoms with E-state index in [0.717, 1.165) is 13.1 Å². The molecule has 0 unspecified atom stereocenters. The highest BCUT2D eigenvalue weighted by Crippen LogP contribution is 2.42. The Morgan fingerprint density at radius 2 is 1.95 bits per heavy atom. The minimum absolute atomic E-state index is 0.0559. The molecule has 1 fully saturated rings. The van der Waals surface area contributed by atoms with Crippen LogP contribution in [0.25, 0.3) is 0 Å². The molecule has 0 bridgehead atoms. The van der Waals surface area contributed by atoms with Crippen molar-refractivity contribution in [2.24, 2.45) is 0 Å². The molecule has 0 saturated carbocycles. The summed E-state index contributed by atoms with van der Waals surface area (Å²) in [7, 11) is 0. The van der Waals surface area contributed by atoms with E-state index in [9.17, 15) is 4.79 Å². The van der Waals surface area contributed by atoms with Crippen molar-refractivity contribution in [1.29, 1.82) is 0 Å². The van der Waals surface area contributed by atoms with Gasteiger partial charge in [0.05, 0.1) is 5.25 Å². The molecule has 1 aliphatic heterocycles. The minimum atomic E-state index is 0.0559. The van der Waals surface area contributed by atoms with Crippen LogP contribution in [0.15, 0.2) is 24.3 Å². The zero-order chi connectivity index (χ0) is 14.7. The Morgan fingerprint density at radius 3 is 2.55 bits per heavy atom. The monoisotopic (exact) mass is 292 g/mol. The minimum Gasteiger partial charge on any atom is -0.324 e. The van der Waals surface area contributed by atoms with Gasteiger partial charge in [-0.1, -0.05) is 43.7 Å². The molecule has 0 radical (unpaired) electrons. The molecule has 0 aliphatic carbocycles. The summed E-state index contributed by atoms with van der Waals surface area (Å²) in [6.07, 6.45) is 0. The van der Waals surface area contributed by atoms with Crippen molar-refractivity contribution in [2.75, 3.05) is 13.1 Å². The predicted molar refractivity (Wildman–Crippen MR) is 85.8 cm³/mol. The van der Waals surface area contributed by atoms with Crippen LogP contribution in [-0.2, 0) is 4.79 Å². The van der Waals surface area contributed by atoms with Crippen molar-refractivity contribution in [1.82, 2.24) is 10.2 Å². The number of carbonyl (C=O) groups is 1. The SMILES string of the molecule is Cc1ccc([C@H]2S[C@@H](C)C(=O)N2CCNC(C)C)cc1. The Labute approximate surface area is 126 Å². The molecule has 3 nitrogen and oxygen atoms in total. The van der Waals surface area contributed by atoms with E-state index >= 15 is 0 Å². The van der Waals surface area contributed by atoms with E-state index in [4.69, 9.17) is 0 Å². The molecule has 2 atom stereocenters. The van der Waals surface area contributed by atoms with Crippen LogP contribution in [0, 0.1) is 6.92 Å². The van der Waals surface area contributed by atoms with Gasteiger partial charge in [0.2, 0.25) is 5.91 Å². The Hall–Kier alpha value is -1.00. The molecular formula is C16H24N2OS. The van der Waals surface area contributed by atoms with E-state index in [-0.39, 0.29) is 16.5 Å². The van der Waals surface area contributed by atoms with Crippen molar-refractivity contribution >= 4 is 17.7 Å². The van der Waals surface area contributed by atoms with Gasteiger partial charge in [-0.25, -0.2) is 0 Å². The number of amides is 1. The molecule has 110 valence electrons. The van der Waals surface area contributed by atoms with Gasteiger partial charge < -0.3 is 10.2 Å². The number of carbonyl (C=O) groups excluding carboxylic acids is 1. The van der Waals surface area contributed by atoms with Crippen LogP contribution in [0.4, 0.5) is 0 Å². The third-order valence-electron chi connectivity index (χ3n) is 3.51. The first-order valence-electron chi connectivity index (χ1n) is 7.25. The maximum Gasteiger partial charge on any atom is 0.236 e. The third kappa shape index (κ3) is 3.55. The summed E-state index contributed by atoms with van der Waals surface area (Å²) >= 11 is 1.75. The molecule has 1 amide bonds. The summed E-state index contributed by atoms with van der Waals surface area (Å²) in [6, 6.07) is 8.97. The number of thioether (sulfide) groups is 1. The van der Waals surface area contributed by atoms with Crippen molar-refractivity contribution in [2.45, 2.75) is 44.4 Å². The van der Waals surface area contributed by atoms with Gasteiger partial charge in [0.1, 0.15) is 5.37 Å². The first-order valence-corrected chi connectivity index (χ1v) is 8.19. The Bertz CT molecular complexity index is 458. The van der Waals surface area contributed by atoms with Gasteiger partial charge in [-0.15, -0.1) is 11.8 Å². The number of aryl methyl sites for hydroxylation is 1. The van der Waals surface area contributed by atoms with Crippen molar-refractivity contribution in [3.63, 3.8) is 0 Å². The third-order valence-corrected chi connectivity index (χ3v) is 4.91. The van der Waals surface area contributed by atoms with E-state index < -0.39 is 0 Å². The van der Waals surface area contributed by atoms with E-state index in [1.807, 2.05) is 11.8 Å². The Balaban J connectivity index is 2.09. The zero-order valence-corrected chi connectivity index (χ0v) is 13.5. The average molecular weight is 292 g/mol. The average Bonchev–Trinajstić information content (AvgIpc) is 2.67. The fraction of sp³-hybridized carbons (Fsp3) is 0.562. The van der Waals surface area contributed by atoms with Gasteiger partial charge in [0.25, 0.3) is 0 Å². The van der Waals surface area contributed by atoms with E-state index in [0.29, 0.717) is 6.04 Å². The molecule has 0 spiro atoms. The second-order valence-corrected chi connectivity index (χ2v) is 7.11. The molecular weight excluding hydrogens is 268 g/mol. The van der Waals surface area contributed by atoms with Gasteiger partial charge in [0.15, 0.2) is 0 Å². The summed E-state index contributed by atoms with van der Waals surface area (Å²) < 4.78 is 0. The summed E-state index contributed by atoms with van der Waals surface area (Å²) in [5.74, 6) is 0.256. The highest BCUT2D eigenvalue weighted by Gasteiger charge is 2.37. The lowest BCUT2D eigenvalue weighted by molar-refractivity contribution is -0.129. The fourth-order valence-electron chi connectivity index (χ4n) is 2.36. The lowest BCUT2D eigenvalue weighted by atomic mass is 10.1. The molecule has 2 rings (SSSR count).